The molecule has 9 nitrogen and oxygen atoms in total. The second-order valence-corrected chi connectivity index (χ2v) is 11.5. The molecule has 2 bridgehead atoms. The summed E-state index contributed by atoms with van der Waals surface area (Å²) in [5.41, 5.74) is 0.359. The number of allylic oxidation sites excluding steroid dienone is 3. The molecule has 8 atom stereocenters. The molecule has 4 aliphatic rings. The van der Waals surface area contributed by atoms with E-state index in [0.717, 1.165) is 18.4 Å². The van der Waals surface area contributed by atoms with Gasteiger partial charge in [-0.15, -0.1) is 0 Å². The molecule has 2 aliphatic carbocycles. The van der Waals surface area contributed by atoms with Gasteiger partial charge >= 0.3 is 11.9 Å². The number of aliphatic hydroxyl groups is 2. The zero-order valence-electron chi connectivity index (χ0n) is 23.6. The fourth-order valence-electron chi connectivity index (χ4n) is 6.60. The number of fused-ring (bicyclic) bond motifs is 2. The third kappa shape index (κ3) is 5.52. The minimum absolute atomic E-state index is 0.139. The molecular formula is C30H42O9. The van der Waals surface area contributed by atoms with Gasteiger partial charge in [-0.05, 0) is 40.0 Å². The van der Waals surface area contributed by atoms with Crippen molar-refractivity contribution in [2.75, 3.05) is 26.9 Å². The van der Waals surface area contributed by atoms with Crippen molar-refractivity contribution in [1.82, 2.24) is 0 Å². The van der Waals surface area contributed by atoms with Crippen molar-refractivity contribution in [2.45, 2.75) is 89.5 Å². The van der Waals surface area contributed by atoms with Crippen LogP contribution in [0.3, 0.4) is 0 Å². The van der Waals surface area contributed by atoms with Crippen LogP contribution >= 0.6 is 0 Å². The Labute approximate surface area is 230 Å². The summed E-state index contributed by atoms with van der Waals surface area (Å²) in [6.07, 6.45) is 9.91. The van der Waals surface area contributed by atoms with E-state index in [1.807, 2.05) is 6.92 Å². The predicted molar refractivity (Wildman–Crippen MR) is 143 cm³/mol. The van der Waals surface area contributed by atoms with Gasteiger partial charge in [0.05, 0.1) is 44.7 Å². The van der Waals surface area contributed by atoms with Gasteiger partial charge in [0.25, 0.3) is 0 Å². The standard InChI is InChI=1S/C30H42O9/c1-19-10-12-29(24(14-19)39-25-16-23(32)28(29,4)30(25)18-38-30)17-37-27(34)15-20(2)11-13-36-22(21(3)31)8-6-7-9-26(33)35-5/h6-9,14-15,21-25,31-32H,10-13,16-18H2,1-5H3/b8-6+,9-7-,20-15+/t21-,22+,23-,24?,25?,28-,29-,30?/m1/s1. The fourth-order valence-corrected chi connectivity index (χ4v) is 6.60. The summed E-state index contributed by atoms with van der Waals surface area (Å²) in [4.78, 5) is 24.0. The van der Waals surface area contributed by atoms with Gasteiger partial charge in [0.15, 0.2) is 0 Å². The van der Waals surface area contributed by atoms with Gasteiger partial charge < -0.3 is 33.9 Å². The monoisotopic (exact) mass is 546 g/mol. The van der Waals surface area contributed by atoms with Crippen LogP contribution in [-0.4, -0.2) is 85.2 Å². The number of aliphatic hydroxyl groups excluding tert-OH is 2. The smallest absolute Gasteiger partial charge is 0.330 e. The lowest BCUT2D eigenvalue weighted by Gasteiger charge is -2.58. The van der Waals surface area contributed by atoms with E-state index in [1.54, 1.807) is 19.1 Å². The first-order chi connectivity index (χ1) is 18.5. The van der Waals surface area contributed by atoms with Gasteiger partial charge in [-0.3, -0.25) is 0 Å². The Morgan fingerprint density at radius 2 is 2.03 bits per heavy atom. The average Bonchev–Trinajstić information content (AvgIpc) is 3.67. The summed E-state index contributed by atoms with van der Waals surface area (Å²) in [5, 5.41) is 21.2. The van der Waals surface area contributed by atoms with Crippen molar-refractivity contribution in [1.29, 1.82) is 0 Å². The quantitative estimate of drug-likeness (QED) is 0.132. The van der Waals surface area contributed by atoms with E-state index in [-0.39, 0.29) is 25.4 Å². The third-order valence-electron chi connectivity index (χ3n) is 9.21. The lowest BCUT2D eigenvalue weighted by Crippen LogP contribution is -2.66. The predicted octanol–water partition coefficient (Wildman–Crippen LogP) is 2.95. The van der Waals surface area contributed by atoms with Crippen molar-refractivity contribution in [3.05, 3.63) is 47.6 Å². The molecule has 3 fully saturated rings. The van der Waals surface area contributed by atoms with E-state index in [4.69, 9.17) is 18.9 Å². The molecule has 39 heavy (non-hydrogen) atoms. The van der Waals surface area contributed by atoms with Crippen molar-refractivity contribution in [3.63, 3.8) is 0 Å². The molecular weight excluding hydrogens is 504 g/mol. The highest BCUT2D eigenvalue weighted by Gasteiger charge is 2.81. The number of hydrogen-bond donors (Lipinski definition) is 2. The number of esters is 2. The Morgan fingerprint density at radius 3 is 2.69 bits per heavy atom. The molecule has 216 valence electrons. The van der Waals surface area contributed by atoms with Crippen LogP contribution in [-0.2, 0) is 33.3 Å². The van der Waals surface area contributed by atoms with Gasteiger partial charge in [0.1, 0.15) is 18.3 Å². The van der Waals surface area contributed by atoms with Gasteiger partial charge in [-0.2, -0.15) is 0 Å². The van der Waals surface area contributed by atoms with Crippen LogP contribution in [0.1, 0.15) is 53.4 Å². The molecule has 2 heterocycles. The third-order valence-corrected chi connectivity index (χ3v) is 9.21. The maximum Gasteiger partial charge on any atom is 0.330 e. The molecule has 9 heteroatoms. The lowest BCUT2D eigenvalue weighted by molar-refractivity contribution is -0.229. The molecule has 3 unspecified atom stereocenters. The molecule has 4 rings (SSSR count). The normalized spacial score (nSPS) is 37.1. The highest BCUT2D eigenvalue weighted by molar-refractivity contribution is 5.82. The van der Waals surface area contributed by atoms with Crippen LogP contribution in [0.5, 0.6) is 0 Å². The summed E-state index contributed by atoms with van der Waals surface area (Å²) >= 11 is 0. The Morgan fingerprint density at radius 1 is 1.28 bits per heavy atom. The number of methoxy groups -OCH3 is 1. The van der Waals surface area contributed by atoms with E-state index in [0.29, 0.717) is 19.4 Å². The Bertz CT molecular complexity index is 1050. The number of hydrogen-bond acceptors (Lipinski definition) is 9. The zero-order valence-corrected chi connectivity index (χ0v) is 23.6. The Balaban J connectivity index is 1.35. The van der Waals surface area contributed by atoms with Crippen LogP contribution in [0.25, 0.3) is 0 Å². The van der Waals surface area contributed by atoms with E-state index in [2.05, 4.69) is 24.7 Å². The minimum Gasteiger partial charge on any atom is -0.466 e. The summed E-state index contributed by atoms with van der Waals surface area (Å²) in [5.74, 6) is -0.920. The highest BCUT2D eigenvalue weighted by atomic mass is 16.6. The topological polar surface area (TPSA) is 124 Å². The van der Waals surface area contributed by atoms with Gasteiger partial charge in [0, 0.05) is 29.4 Å². The lowest BCUT2D eigenvalue weighted by atomic mass is 9.51. The maximum absolute atomic E-state index is 12.9. The molecule has 0 radical (unpaired) electrons. The number of rotatable bonds is 11. The summed E-state index contributed by atoms with van der Waals surface area (Å²) < 4.78 is 28.6. The molecule has 0 aromatic heterocycles. The molecule has 2 N–H and O–H groups in total. The number of epoxide rings is 1. The largest absolute Gasteiger partial charge is 0.466 e. The SMILES string of the molecule is COC(=O)/C=C\C=C\[C@H](OCC/C(C)=C/C(=O)OC[C@]12CCC(C)=CC1OC1C[C@@H](O)[C@@]2(C)C12CO2)[C@@H](C)O. The maximum atomic E-state index is 12.9. The van der Waals surface area contributed by atoms with Crippen molar-refractivity contribution in [2.24, 2.45) is 10.8 Å². The first kappa shape index (κ1) is 29.7. The van der Waals surface area contributed by atoms with Crippen molar-refractivity contribution >= 4 is 11.9 Å². The van der Waals surface area contributed by atoms with Gasteiger partial charge in [0.2, 0.25) is 0 Å². The molecule has 0 aromatic carbocycles. The number of carbonyl (C=O) groups is 2. The second kappa shape index (κ2) is 11.7. The zero-order chi connectivity index (χ0) is 28.4. The van der Waals surface area contributed by atoms with Crippen LogP contribution in [0.4, 0.5) is 0 Å². The van der Waals surface area contributed by atoms with Gasteiger partial charge in [-0.1, -0.05) is 42.4 Å². The first-order valence-corrected chi connectivity index (χ1v) is 13.7. The van der Waals surface area contributed by atoms with Crippen LogP contribution < -0.4 is 0 Å². The Hall–Kier alpha value is -2.30. The fraction of sp³-hybridized carbons (Fsp3) is 0.667. The van der Waals surface area contributed by atoms with Crippen LogP contribution in [0.15, 0.2) is 47.6 Å². The molecule has 0 amide bonds. The molecule has 1 spiro atoms. The second-order valence-electron chi connectivity index (χ2n) is 11.5. The first-order valence-electron chi connectivity index (χ1n) is 13.7. The van der Waals surface area contributed by atoms with E-state index < -0.39 is 46.7 Å². The van der Waals surface area contributed by atoms with E-state index in [9.17, 15) is 19.8 Å². The minimum atomic E-state index is -0.759. The van der Waals surface area contributed by atoms with Crippen molar-refractivity contribution in [3.8, 4) is 0 Å². The van der Waals surface area contributed by atoms with E-state index >= 15 is 0 Å². The molecule has 2 aliphatic heterocycles. The number of ether oxygens (including phenoxy) is 5. The number of carbonyl (C=O) groups excluding carboxylic acids is 2. The van der Waals surface area contributed by atoms with Crippen LogP contribution in [0, 0.1) is 10.8 Å². The van der Waals surface area contributed by atoms with Crippen molar-refractivity contribution < 1.29 is 43.5 Å². The summed E-state index contributed by atoms with van der Waals surface area (Å²) in [6, 6.07) is 0. The van der Waals surface area contributed by atoms with Gasteiger partial charge in [-0.25, -0.2) is 9.59 Å². The van der Waals surface area contributed by atoms with Crippen LogP contribution in [0.2, 0.25) is 0 Å². The summed E-state index contributed by atoms with van der Waals surface area (Å²) in [6.45, 7) is 8.59. The summed E-state index contributed by atoms with van der Waals surface area (Å²) in [7, 11) is 1.30. The Kier molecular flexibility index (Phi) is 8.88. The molecule has 1 saturated carbocycles. The van der Waals surface area contributed by atoms with E-state index in [1.165, 1.54) is 30.9 Å². The highest BCUT2D eigenvalue weighted by Crippen LogP contribution is 2.71. The molecule has 0 aromatic rings. The average molecular weight is 547 g/mol. The molecule has 2 saturated heterocycles.